The van der Waals surface area contributed by atoms with E-state index in [0.717, 1.165) is 11.1 Å². The molecule has 0 aliphatic heterocycles. The van der Waals surface area contributed by atoms with Crippen molar-refractivity contribution in [3.63, 3.8) is 0 Å². The van der Waals surface area contributed by atoms with Gasteiger partial charge in [-0.05, 0) is 49.2 Å². The number of carboxylic acids is 1. The molecular weight excluding hydrogens is 318 g/mol. The van der Waals surface area contributed by atoms with E-state index in [9.17, 15) is 9.59 Å². The summed E-state index contributed by atoms with van der Waals surface area (Å²) >= 11 is 5.96. The zero-order chi connectivity index (χ0) is 17.0. The van der Waals surface area contributed by atoms with Gasteiger partial charge in [0, 0.05) is 0 Å². The molecule has 0 spiro atoms. The minimum absolute atomic E-state index is 0.0418. The largest absolute Gasteiger partial charge is 0.483 e. The summed E-state index contributed by atoms with van der Waals surface area (Å²) in [6, 6.07) is 9.69. The number of hydrogen-bond donors (Lipinski definition) is 2. The van der Waals surface area contributed by atoms with Crippen molar-refractivity contribution in [3.8, 4) is 5.75 Å². The number of carbonyl (C=O) groups is 2. The number of aryl methyl sites for hydroxylation is 1. The van der Waals surface area contributed by atoms with E-state index in [1.165, 1.54) is 18.2 Å². The molecule has 2 aromatic rings. The number of amides is 1. The SMILES string of the molecule is Cc1cccc(OCC(=O)Nc2cc(C(=O)O)ccc2Cl)c1C. The molecule has 0 aliphatic rings. The van der Waals surface area contributed by atoms with Crippen molar-refractivity contribution in [1.29, 1.82) is 0 Å². The van der Waals surface area contributed by atoms with Crippen LogP contribution in [0.3, 0.4) is 0 Å². The second-order valence-corrected chi connectivity index (χ2v) is 5.44. The van der Waals surface area contributed by atoms with E-state index in [1.54, 1.807) is 6.07 Å². The first-order valence-corrected chi connectivity index (χ1v) is 7.28. The van der Waals surface area contributed by atoms with Crippen LogP contribution in [-0.2, 0) is 4.79 Å². The third kappa shape index (κ3) is 4.23. The first-order valence-electron chi connectivity index (χ1n) is 6.90. The molecule has 0 aliphatic carbocycles. The first-order chi connectivity index (χ1) is 10.9. The average molecular weight is 334 g/mol. The van der Waals surface area contributed by atoms with Crippen molar-refractivity contribution < 1.29 is 19.4 Å². The van der Waals surface area contributed by atoms with Gasteiger partial charge in [0.05, 0.1) is 16.3 Å². The molecule has 2 aromatic carbocycles. The summed E-state index contributed by atoms with van der Waals surface area (Å²) in [5, 5.41) is 11.8. The van der Waals surface area contributed by atoms with Gasteiger partial charge in [-0.3, -0.25) is 4.79 Å². The second-order valence-electron chi connectivity index (χ2n) is 5.03. The molecule has 0 unspecified atom stereocenters. The zero-order valence-corrected chi connectivity index (χ0v) is 13.5. The average Bonchev–Trinajstić information content (AvgIpc) is 2.50. The van der Waals surface area contributed by atoms with Crippen LogP contribution in [0.25, 0.3) is 0 Å². The molecule has 0 atom stereocenters. The van der Waals surface area contributed by atoms with Crippen LogP contribution >= 0.6 is 11.6 Å². The number of carbonyl (C=O) groups excluding carboxylic acids is 1. The summed E-state index contributed by atoms with van der Waals surface area (Å²) in [6.45, 7) is 3.67. The maximum atomic E-state index is 12.0. The summed E-state index contributed by atoms with van der Waals surface area (Å²) < 4.78 is 5.50. The van der Waals surface area contributed by atoms with Crippen LogP contribution in [0.15, 0.2) is 36.4 Å². The number of halogens is 1. The Labute approximate surface area is 138 Å². The zero-order valence-electron chi connectivity index (χ0n) is 12.7. The summed E-state index contributed by atoms with van der Waals surface area (Å²) in [5.74, 6) is -0.885. The molecule has 0 saturated carbocycles. The Kier molecular flexibility index (Phi) is 5.24. The number of aromatic carboxylic acids is 1. The van der Waals surface area contributed by atoms with Gasteiger partial charge in [0.2, 0.25) is 0 Å². The first kappa shape index (κ1) is 16.8. The summed E-state index contributed by atoms with van der Waals surface area (Å²) in [5.41, 5.74) is 2.31. The Morgan fingerprint density at radius 2 is 1.96 bits per heavy atom. The van der Waals surface area contributed by atoms with E-state index in [-0.39, 0.29) is 22.9 Å². The predicted molar refractivity (Wildman–Crippen MR) is 88.5 cm³/mol. The number of nitrogens with one attached hydrogen (secondary N) is 1. The predicted octanol–water partition coefficient (Wildman–Crippen LogP) is 3.67. The highest BCUT2D eigenvalue weighted by atomic mass is 35.5. The van der Waals surface area contributed by atoms with E-state index < -0.39 is 11.9 Å². The van der Waals surface area contributed by atoms with Crippen molar-refractivity contribution in [1.82, 2.24) is 0 Å². The molecule has 0 fully saturated rings. The fraction of sp³-hybridized carbons (Fsp3) is 0.176. The smallest absolute Gasteiger partial charge is 0.335 e. The molecule has 5 nitrogen and oxygen atoms in total. The number of carboxylic acid groups (broad SMARTS) is 1. The Morgan fingerprint density at radius 3 is 2.65 bits per heavy atom. The Balaban J connectivity index is 2.04. The second kappa shape index (κ2) is 7.15. The third-order valence-electron chi connectivity index (χ3n) is 3.40. The Morgan fingerprint density at radius 1 is 1.22 bits per heavy atom. The number of hydrogen-bond acceptors (Lipinski definition) is 3. The lowest BCUT2D eigenvalue weighted by Gasteiger charge is -2.12. The van der Waals surface area contributed by atoms with Crippen LogP contribution in [0.1, 0.15) is 21.5 Å². The van der Waals surface area contributed by atoms with Gasteiger partial charge in [-0.25, -0.2) is 4.79 Å². The summed E-state index contributed by atoms with van der Waals surface area (Å²) in [7, 11) is 0. The lowest BCUT2D eigenvalue weighted by atomic mass is 10.1. The van der Waals surface area contributed by atoms with Crippen molar-refractivity contribution in [2.75, 3.05) is 11.9 Å². The topological polar surface area (TPSA) is 75.6 Å². The minimum Gasteiger partial charge on any atom is -0.483 e. The molecule has 0 saturated heterocycles. The van der Waals surface area contributed by atoms with Gasteiger partial charge in [-0.1, -0.05) is 23.7 Å². The maximum Gasteiger partial charge on any atom is 0.335 e. The molecule has 0 radical (unpaired) electrons. The molecule has 1 amide bonds. The molecular formula is C17H16ClNO4. The van der Waals surface area contributed by atoms with Crippen molar-refractivity contribution in [2.24, 2.45) is 0 Å². The molecule has 120 valence electrons. The lowest BCUT2D eigenvalue weighted by Crippen LogP contribution is -2.21. The monoisotopic (exact) mass is 333 g/mol. The fourth-order valence-corrected chi connectivity index (χ4v) is 2.13. The minimum atomic E-state index is -1.09. The highest BCUT2D eigenvalue weighted by molar-refractivity contribution is 6.33. The van der Waals surface area contributed by atoms with Gasteiger partial charge in [0.25, 0.3) is 5.91 Å². The lowest BCUT2D eigenvalue weighted by molar-refractivity contribution is -0.118. The van der Waals surface area contributed by atoms with E-state index in [4.69, 9.17) is 21.4 Å². The quantitative estimate of drug-likeness (QED) is 0.875. The van der Waals surface area contributed by atoms with E-state index in [1.807, 2.05) is 26.0 Å². The number of anilines is 1. The molecule has 0 bridgehead atoms. The van der Waals surface area contributed by atoms with Crippen LogP contribution < -0.4 is 10.1 Å². The highest BCUT2D eigenvalue weighted by Gasteiger charge is 2.11. The fourth-order valence-electron chi connectivity index (χ4n) is 1.96. The van der Waals surface area contributed by atoms with Crippen LogP contribution in [0, 0.1) is 13.8 Å². The number of benzene rings is 2. The maximum absolute atomic E-state index is 12.0. The van der Waals surface area contributed by atoms with E-state index in [0.29, 0.717) is 5.75 Å². The van der Waals surface area contributed by atoms with Crippen LogP contribution in [0.2, 0.25) is 5.02 Å². The Hall–Kier alpha value is -2.53. The van der Waals surface area contributed by atoms with Crippen LogP contribution in [0.4, 0.5) is 5.69 Å². The third-order valence-corrected chi connectivity index (χ3v) is 3.73. The molecule has 6 heteroatoms. The molecule has 2 N–H and O–H groups in total. The van der Waals surface area contributed by atoms with E-state index >= 15 is 0 Å². The number of rotatable bonds is 5. The normalized spacial score (nSPS) is 10.2. The van der Waals surface area contributed by atoms with Crippen molar-refractivity contribution >= 4 is 29.2 Å². The van der Waals surface area contributed by atoms with Crippen molar-refractivity contribution in [3.05, 3.63) is 58.1 Å². The molecule has 2 rings (SSSR count). The van der Waals surface area contributed by atoms with Crippen LogP contribution in [0.5, 0.6) is 5.75 Å². The van der Waals surface area contributed by atoms with Gasteiger partial charge in [-0.15, -0.1) is 0 Å². The standard InChI is InChI=1S/C17H16ClNO4/c1-10-4-3-5-15(11(10)2)23-9-16(20)19-14-8-12(17(21)22)6-7-13(14)18/h3-8H,9H2,1-2H3,(H,19,20)(H,21,22). The number of ether oxygens (including phenoxy) is 1. The molecule has 0 aromatic heterocycles. The van der Waals surface area contributed by atoms with E-state index in [2.05, 4.69) is 5.32 Å². The molecule has 23 heavy (non-hydrogen) atoms. The van der Waals surface area contributed by atoms with Gasteiger partial charge in [-0.2, -0.15) is 0 Å². The Bertz CT molecular complexity index is 758. The molecule has 0 heterocycles. The van der Waals surface area contributed by atoms with Gasteiger partial charge in [0.1, 0.15) is 5.75 Å². The van der Waals surface area contributed by atoms with Gasteiger partial charge < -0.3 is 15.2 Å². The van der Waals surface area contributed by atoms with Gasteiger partial charge in [0.15, 0.2) is 6.61 Å². The summed E-state index contributed by atoms with van der Waals surface area (Å²) in [6.07, 6.45) is 0. The van der Waals surface area contributed by atoms with Crippen molar-refractivity contribution in [2.45, 2.75) is 13.8 Å². The highest BCUT2D eigenvalue weighted by Crippen LogP contribution is 2.24. The summed E-state index contributed by atoms with van der Waals surface area (Å²) in [4.78, 5) is 22.9. The van der Waals surface area contributed by atoms with Crippen LogP contribution in [-0.4, -0.2) is 23.6 Å². The van der Waals surface area contributed by atoms with Gasteiger partial charge >= 0.3 is 5.97 Å².